The summed E-state index contributed by atoms with van der Waals surface area (Å²) in [4.78, 5) is 124. The molecule has 0 radical (unpaired) electrons. The summed E-state index contributed by atoms with van der Waals surface area (Å²) in [5, 5.41) is 66.3. The zero-order chi connectivity index (χ0) is 93.8. The number of benzene rings is 2. The van der Waals surface area contributed by atoms with Crippen molar-refractivity contribution in [1.29, 1.82) is 0 Å². The van der Waals surface area contributed by atoms with Crippen molar-refractivity contribution in [2.45, 2.75) is 148 Å². The maximum atomic E-state index is 14.2. The Kier molecular flexibility index (Phi) is 29.7. The number of anilines is 12. The molecule has 6 aromatic heterocycles. The summed E-state index contributed by atoms with van der Waals surface area (Å²) in [6.07, 6.45) is 1.89. The van der Waals surface area contributed by atoms with Crippen LogP contribution < -0.4 is 86.0 Å². The van der Waals surface area contributed by atoms with Gasteiger partial charge in [0.15, 0.2) is 31.4 Å². The van der Waals surface area contributed by atoms with Crippen molar-refractivity contribution >= 4 is 123 Å². The molecule has 42 heteroatoms. The number of para-hydroxylation sites is 2. The van der Waals surface area contributed by atoms with Crippen molar-refractivity contribution in [3.8, 4) is 23.0 Å². The molecule has 0 bridgehead atoms. The van der Waals surface area contributed by atoms with E-state index in [1.165, 1.54) is 118 Å². The first-order chi connectivity index (χ1) is 58.8. The summed E-state index contributed by atoms with van der Waals surface area (Å²) in [6, 6.07) is 15.8. The SMILES string of the molecule is CCN(CC)S(=O)(=O)c1scc(Nc2c(N[C@@H](c3ccc(C)o3)C(C)(C)C)c(=O)c2=O)c1O.CC[C@@H](Nc1c(Nc2csc(S(=O)(=O)N(CC)CC)c2O)c(=O)c1=O)c1ccc(C)o1.Cc1ccc([C@H](Nc2c(Nc3cccc(C(=O)N(C)C)c3O)c(=O)c2=O)C(C)(F)F)o1.Cc1coc([C@H](Nc2c(Nc3cccc(C(=O)N(C)C)c3O)c(=O)c2=O)C(C)(F)F)c1. The van der Waals surface area contributed by atoms with Gasteiger partial charge in [-0.1, -0.05) is 67.5 Å². The van der Waals surface area contributed by atoms with Crippen molar-refractivity contribution < 1.29 is 82.1 Å². The van der Waals surface area contributed by atoms with Crippen LogP contribution in [0.2, 0.25) is 0 Å². The van der Waals surface area contributed by atoms with Gasteiger partial charge < -0.3 is 90.4 Å². The molecule has 6 heterocycles. The van der Waals surface area contributed by atoms with Crippen LogP contribution in [0.25, 0.3) is 0 Å². The van der Waals surface area contributed by atoms with Gasteiger partial charge in [0.05, 0.1) is 52.2 Å². The molecule has 0 spiro atoms. The number of phenolic OH excluding ortho intramolecular Hbond substituents is 2. The highest BCUT2D eigenvalue weighted by atomic mass is 32.3. The van der Waals surface area contributed by atoms with E-state index in [4.69, 9.17) is 17.7 Å². The number of aromatic hydroxyl groups is 4. The smallest absolute Gasteiger partial charge is 0.272 e. The molecule has 4 atom stereocenters. The lowest BCUT2D eigenvalue weighted by atomic mass is 9.85. The van der Waals surface area contributed by atoms with Crippen molar-refractivity contribution in [3.63, 3.8) is 0 Å². The van der Waals surface area contributed by atoms with Gasteiger partial charge in [0.2, 0.25) is 0 Å². The number of furan rings is 4. The fraction of sp³-hybridized carbons (Fsp3) is 0.357. The largest absolute Gasteiger partial charge is 0.505 e. The van der Waals surface area contributed by atoms with Gasteiger partial charge in [0.25, 0.3) is 87.1 Å². The Morgan fingerprint density at radius 2 is 0.730 bits per heavy atom. The number of hydrogen-bond acceptors (Lipinski definition) is 32. The number of carbonyl (C=O) groups is 2. The molecule has 0 saturated heterocycles. The number of phenols is 2. The van der Waals surface area contributed by atoms with Gasteiger partial charge in [-0.2, -0.15) is 8.61 Å². The zero-order valence-corrected chi connectivity index (χ0v) is 74.9. The standard InChI is InChI=1S/C22H29N3O6S2.2C21H21F2N3O5.C20H25N3O6S2/c1-7-25(8-2)33(29,30)21-17(26)13(11-32-21)23-15-16(19(28)18(15)27)24-20(22(4,5)6)14-10-9-12(3)31-14;1-10-8-13(31-9-10)19(21(2,22)23)25-15-14(17(28)18(15)29)24-12-7-5-6-11(16(12)27)20(30)26(3)4;1-10-8-9-13(31-10)19(21(2,22)23)25-15-14(17(28)18(15)29)24-12-7-5-6-11(16(12)27)20(30)26(3)4;1-5-12(14-9-8-11(4)29-14)21-15-16(19(26)18(15)25)22-13-10-30-20(17(13)24)31(27,28)23(6-2)7-3/h9-11,20,23-24,26H,7-8H2,1-6H3;2*5-9,19,24-25,27H,1-4H3;8-10,12,21-22,24H,5-7H2,1-4H3/t20-;2*19-;12-/m0001/s1. The minimum Gasteiger partial charge on any atom is -0.505 e. The third kappa shape index (κ3) is 20.5. The van der Waals surface area contributed by atoms with E-state index in [9.17, 15) is 103 Å². The number of aryl methyl sites for hydroxylation is 4. The Balaban J connectivity index is 0.000000190. The monoisotopic (exact) mass is 1830 g/mol. The summed E-state index contributed by atoms with van der Waals surface area (Å²) < 4.78 is 132. The second-order valence-corrected chi connectivity index (χ2v) is 36.7. The van der Waals surface area contributed by atoms with Crippen LogP contribution in [0.15, 0.2) is 160 Å². The average molecular weight is 1830 g/mol. The fourth-order valence-corrected chi connectivity index (χ4v) is 18.5. The van der Waals surface area contributed by atoms with Gasteiger partial charge >= 0.3 is 0 Å². The molecule has 126 heavy (non-hydrogen) atoms. The topological polar surface area (TPSA) is 482 Å². The number of nitrogens with one attached hydrogen (secondary N) is 8. The van der Waals surface area contributed by atoms with Gasteiger partial charge in [-0.25, -0.2) is 34.4 Å². The minimum absolute atomic E-state index is 0.0217. The van der Waals surface area contributed by atoms with E-state index in [2.05, 4.69) is 42.5 Å². The molecule has 0 unspecified atom stereocenters. The molecule has 0 aliphatic rings. The van der Waals surface area contributed by atoms with Crippen LogP contribution in [0, 0.1) is 33.1 Å². The number of halogens is 4. The second-order valence-electron chi connectivity index (χ2n) is 30.7. The molecule has 0 aliphatic heterocycles. The highest BCUT2D eigenvalue weighted by Crippen LogP contribution is 2.46. The highest BCUT2D eigenvalue weighted by molar-refractivity contribution is 7.91. The van der Waals surface area contributed by atoms with E-state index in [0.29, 0.717) is 43.1 Å². The number of hydrogen-bond donors (Lipinski definition) is 12. The first-order valence-corrected chi connectivity index (χ1v) is 43.6. The van der Waals surface area contributed by atoms with Crippen molar-refractivity contribution in [2.75, 3.05) is 96.9 Å². The van der Waals surface area contributed by atoms with Crippen LogP contribution in [0.3, 0.4) is 0 Å². The fourth-order valence-electron chi connectivity index (χ4n) is 12.9. The quantitative estimate of drug-likeness (QED) is 0.0103. The van der Waals surface area contributed by atoms with E-state index in [0.717, 1.165) is 34.2 Å². The minimum atomic E-state index is -3.88. The van der Waals surface area contributed by atoms with Crippen molar-refractivity contribution in [3.05, 3.63) is 235 Å². The third-order valence-corrected chi connectivity index (χ3v) is 26.8. The van der Waals surface area contributed by atoms with Crippen LogP contribution in [-0.2, 0) is 20.0 Å². The zero-order valence-electron chi connectivity index (χ0n) is 71.7. The van der Waals surface area contributed by atoms with E-state index in [1.807, 2.05) is 59.7 Å². The maximum Gasteiger partial charge on any atom is 0.272 e. The van der Waals surface area contributed by atoms with E-state index in [-0.39, 0.29) is 137 Å². The van der Waals surface area contributed by atoms with E-state index >= 15 is 0 Å². The number of sulfonamides is 2. The molecule has 12 aromatic rings. The number of thiophene rings is 2. The van der Waals surface area contributed by atoms with Crippen LogP contribution >= 0.6 is 22.7 Å². The predicted octanol–water partition coefficient (Wildman–Crippen LogP) is 13.5. The average Bonchev–Trinajstić information content (AvgIpc) is 0.984. The molecule has 0 saturated carbocycles. The number of amides is 2. The van der Waals surface area contributed by atoms with Crippen LogP contribution in [0.5, 0.6) is 23.0 Å². The summed E-state index contributed by atoms with van der Waals surface area (Å²) in [5.74, 6) is -6.61. The van der Waals surface area contributed by atoms with Crippen LogP contribution in [-0.4, -0.2) is 134 Å². The molecule has 12 N–H and O–H groups in total. The van der Waals surface area contributed by atoms with Crippen molar-refractivity contribution in [2.24, 2.45) is 5.41 Å². The Morgan fingerprint density at radius 3 is 1.02 bits per heavy atom. The van der Waals surface area contributed by atoms with Gasteiger partial charge in [-0.3, -0.25) is 47.9 Å². The van der Waals surface area contributed by atoms with Gasteiger partial charge in [-0.15, -0.1) is 22.7 Å². The van der Waals surface area contributed by atoms with Gasteiger partial charge in [-0.05, 0) is 112 Å². The molecule has 0 fully saturated rings. The van der Waals surface area contributed by atoms with Crippen LogP contribution in [0.4, 0.5) is 85.8 Å². The molecule has 34 nitrogen and oxygen atoms in total. The number of rotatable bonds is 33. The molecule has 2 amide bonds. The van der Waals surface area contributed by atoms with Gasteiger partial charge in [0, 0.05) is 79.0 Å². The summed E-state index contributed by atoms with van der Waals surface area (Å²) >= 11 is 1.69. The molecule has 0 aliphatic carbocycles. The van der Waals surface area contributed by atoms with E-state index in [1.54, 1.807) is 47.6 Å². The Bertz CT molecular complexity index is 6350. The molecular formula is C84H96F4N12O22S4. The van der Waals surface area contributed by atoms with E-state index < -0.39 is 128 Å². The first-order valence-electron chi connectivity index (χ1n) is 39.0. The van der Waals surface area contributed by atoms with Crippen LogP contribution in [0.1, 0.15) is 166 Å². The molecular weight excluding hydrogens is 1730 g/mol. The Hall–Kier alpha value is -12.6. The number of carbonyl (C=O) groups excluding carboxylic acids is 2. The molecule has 12 rings (SSSR count). The molecule has 676 valence electrons. The lowest BCUT2D eigenvalue weighted by Crippen LogP contribution is -2.40. The number of alkyl halides is 4. The normalized spacial score (nSPS) is 13.0. The lowest BCUT2D eigenvalue weighted by Gasteiger charge is -2.31. The maximum absolute atomic E-state index is 14.2. The predicted molar refractivity (Wildman–Crippen MR) is 473 cm³/mol. The molecule has 6 aromatic carbocycles. The first kappa shape index (κ1) is 97.2. The summed E-state index contributed by atoms with van der Waals surface area (Å²) in [7, 11) is -1.74. The Morgan fingerprint density at radius 1 is 0.421 bits per heavy atom. The van der Waals surface area contributed by atoms with Gasteiger partial charge in [0.1, 0.15) is 97.9 Å². The Labute approximate surface area is 727 Å². The third-order valence-electron chi connectivity index (χ3n) is 19.8. The highest BCUT2D eigenvalue weighted by Gasteiger charge is 2.43. The van der Waals surface area contributed by atoms with Crippen molar-refractivity contribution in [1.82, 2.24) is 18.4 Å². The second kappa shape index (κ2) is 38.5. The summed E-state index contributed by atoms with van der Waals surface area (Å²) in [6.45, 7) is 23.8. The lowest BCUT2D eigenvalue weighted by molar-refractivity contribution is -0.00609. The summed E-state index contributed by atoms with van der Waals surface area (Å²) in [5.41, 5.74) is -7.77. The number of nitrogens with zero attached hydrogens (tertiary/aromatic N) is 4.